The molecule has 0 aromatic heterocycles. The lowest BCUT2D eigenvalue weighted by molar-refractivity contribution is -0.139. The zero-order chi connectivity index (χ0) is 25.1. The first-order valence-electron chi connectivity index (χ1n) is 11.2. The van der Waals surface area contributed by atoms with E-state index in [1.54, 1.807) is 26.0 Å². The van der Waals surface area contributed by atoms with Crippen LogP contribution in [-0.4, -0.2) is 40.8 Å². The summed E-state index contributed by atoms with van der Waals surface area (Å²) in [5.74, 6) is -2.35. The predicted octanol–water partition coefficient (Wildman–Crippen LogP) is 4.33. The van der Waals surface area contributed by atoms with Crippen LogP contribution in [0.1, 0.15) is 34.6 Å². The van der Waals surface area contributed by atoms with Crippen molar-refractivity contribution in [1.82, 2.24) is 5.32 Å². The van der Waals surface area contributed by atoms with Crippen LogP contribution in [-0.2, 0) is 14.3 Å². The Labute approximate surface area is 202 Å². The van der Waals surface area contributed by atoms with Crippen LogP contribution in [0.15, 0.2) is 60.7 Å². The molecular formula is C27H26N2O6. The van der Waals surface area contributed by atoms with Gasteiger partial charge in [0.15, 0.2) is 0 Å². The highest BCUT2D eigenvalue weighted by Gasteiger charge is 2.30. The van der Waals surface area contributed by atoms with Crippen LogP contribution in [0.5, 0.6) is 5.75 Å². The molecule has 0 bridgehead atoms. The van der Waals surface area contributed by atoms with Crippen molar-refractivity contribution in [1.29, 1.82) is 0 Å². The van der Waals surface area contributed by atoms with E-state index < -0.39 is 30.4 Å². The molecule has 1 atom stereocenters. The second-order valence-electron chi connectivity index (χ2n) is 8.59. The lowest BCUT2D eigenvalue weighted by Gasteiger charge is -2.19. The number of aliphatic carboxylic acids is 1. The van der Waals surface area contributed by atoms with Crippen LogP contribution in [0.2, 0.25) is 0 Å². The normalized spacial score (nSPS) is 12.9. The van der Waals surface area contributed by atoms with E-state index in [2.05, 4.69) is 10.6 Å². The first kappa shape index (κ1) is 23.8. The number of nitrogens with one attached hydrogen (secondary N) is 2. The molecule has 4 N–H and O–H groups in total. The van der Waals surface area contributed by atoms with Gasteiger partial charge in [-0.15, -0.1) is 0 Å². The van der Waals surface area contributed by atoms with E-state index in [1.807, 2.05) is 48.5 Å². The lowest BCUT2D eigenvalue weighted by atomic mass is 9.98. The number of hydrogen-bond donors (Lipinski definition) is 4. The summed E-state index contributed by atoms with van der Waals surface area (Å²) < 4.78 is 5.44. The minimum absolute atomic E-state index is 0.0269. The summed E-state index contributed by atoms with van der Waals surface area (Å²) in [6, 6.07) is 17.7. The summed E-state index contributed by atoms with van der Waals surface area (Å²) in [5.41, 5.74) is 5.71. The number of aryl methyl sites for hydroxylation is 2. The van der Waals surface area contributed by atoms with Crippen LogP contribution in [0.4, 0.5) is 10.5 Å². The molecule has 3 aromatic carbocycles. The highest BCUT2D eigenvalue weighted by atomic mass is 16.5. The third-order valence-electron chi connectivity index (χ3n) is 6.03. The third-order valence-corrected chi connectivity index (χ3v) is 6.03. The van der Waals surface area contributed by atoms with Crippen molar-refractivity contribution in [3.8, 4) is 16.9 Å². The first-order valence-corrected chi connectivity index (χ1v) is 11.2. The molecule has 8 heteroatoms. The minimum Gasteiger partial charge on any atom is -0.505 e. The van der Waals surface area contributed by atoms with Crippen LogP contribution in [0, 0.1) is 13.8 Å². The fraction of sp³-hybridized carbons (Fsp3) is 0.222. The average molecular weight is 475 g/mol. The van der Waals surface area contributed by atoms with Crippen molar-refractivity contribution in [3.63, 3.8) is 0 Å². The number of carbonyl (C=O) groups excluding carboxylic acids is 2. The summed E-state index contributed by atoms with van der Waals surface area (Å²) in [6.45, 7) is 3.51. The molecule has 3 aromatic rings. The number of amides is 2. The second-order valence-corrected chi connectivity index (χ2v) is 8.59. The minimum atomic E-state index is -1.40. The van der Waals surface area contributed by atoms with E-state index in [-0.39, 0.29) is 24.0 Å². The monoisotopic (exact) mass is 474 g/mol. The average Bonchev–Trinajstić information content (AvgIpc) is 3.14. The van der Waals surface area contributed by atoms with Crippen molar-refractivity contribution in [2.75, 3.05) is 11.9 Å². The molecule has 1 unspecified atom stereocenters. The molecule has 2 amide bonds. The summed E-state index contributed by atoms with van der Waals surface area (Å²) in [7, 11) is 0. The molecule has 0 aliphatic heterocycles. The maximum atomic E-state index is 12.8. The molecular weight excluding hydrogens is 448 g/mol. The molecule has 35 heavy (non-hydrogen) atoms. The van der Waals surface area contributed by atoms with Crippen molar-refractivity contribution in [2.24, 2.45) is 0 Å². The van der Waals surface area contributed by atoms with Gasteiger partial charge in [-0.2, -0.15) is 0 Å². The summed E-state index contributed by atoms with van der Waals surface area (Å²) in [4.78, 5) is 36.7. The predicted molar refractivity (Wildman–Crippen MR) is 130 cm³/mol. The molecule has 1 aliphatic rings. The summed E-state index contributed by atoms with van der Waals surface area (Å²) in [6.07, 6.45) is -1.56. The lowest BCUT2D eigenvalue weighted by Crippen LogP contribution is -2.45. The number of benzene rings is 3. The van der Waals surface area contributed by atoms with Gasteiger partial charge in [0, 0.05) is 5.92 Å². The Kier molecular flexibility index (Phi) is 6.73. The number of hydrogen-bond acceptors (Lipinski definition) is 5. The van der Waals surface area contributed by atoms with Crippen molar-refractivity contribution in [2.45, 2.75) is 32.2 Å². The van der Waals surface area contributed by atoms with E-state index in [0.717, 1.165) is 27.8 Å². The van der Waals surface area contributed by atoms with Gasteiger partial charge in [0.25, 0.3) is 0 Å². The molecule has 180 valence electrons. The van der Waals surface area contributed by atoms with Crippen molar-refractivity contribution >= 4 is 23.7 Å². The highest BCUT2D eigenvalue weighted by Crippen LogP contribution is 2.44. The van der Waals surface area contributed by atoms with E-state index in [1.165, 1.54) is 0 Å². The standard InChI is InChI=1S/C27H26N2O6/c1-15-11-16(2)25(32)22(12-15)28-26(33)23(13-24(30)31)29-27(34)35-14-21-19-9-5-3-7-17(19)18-8-4-6-10-20(18)21/h3-12,21,23,32H,13-14H2,1-2H3,(H,28,33)(H,29,34)(H,30,31). The van der Waals surface area contributed by atoms with Gasteiger partial charge < -0.3 is 25.6 Å². The van der Waals surface area contributed by atoms with Gasteiger partial charge in [-0.3, -0.25) is 9.59 Å². The quantitative estimate of drug-likeness (QED) is 0.378. The molecule has 1 aliphatic carbocycles. The maximum absolute atomic E-state index is 12.8. The molecule has 0 spiro atoms. The Morgan fingerprint density at radius 2 is 1.57 bits per heavy atom. The molecule has 0 radical (unpaired) electrons. The highest BCUT2D eigenvalue weighted by molar-refractivity contribution is 5.99. The largest absolute Gasteiger partial charge is 0.505 e. The molecule has 0 saturated heterocycles. The number of phenolic OH excluding ortho intramolecular Hbond substituents is 1. The fourth-order valence-corrected chi connectivity index (χ4v) is 4.44. The van der Waals surface area contributed by atoms with Crippen LogP contribution < -0.4 is 10.6 Å². The number of phenols is 1. The molecule has 0 heterocycles. The van der Waals surface area contributed by atoms with Crippen LogP contribution >= 0.6 is 0 Å². The van der Waals surface area contributed by atoms with E-state index in [4.69, 9.17) is 4.74 Å². The van der Waals surface area contributed by atoms with Gasteiger partial charge in [0.05, 0.1) is 12.1 Å². The molecule has 4 rings (SSSR count). The van der Waals surface area contributed by atoms with E-state index >= 15 is 0 Å². The molecule has 8 nitrogen and oxygen atoms in total. The number of carbonyl (C=O) groups is 3. The fourth-order valence-electron chi connectivity index (χ4n) is 4.44. The van der Waals surface area contributed by atoms with Gasteiger partial charge in [0.2, 0.25) is 5.91 Å². The number of aromatic hydroxyl groups is 1. The summed E-state index contributed by atoms with van der Waals surface area (Å²) in [5, 5.41) is 24.3. The number of anilines is 1. The Morgan fingerprint density at radius 1 is 0.971 bits per heavy atom. The SMILES string of the molecule is Cc1cc(C)c(O)c(NC(=O)C(CC(=O)O)NC(=O)OCC2c3ccccc3-c3ccccc32)c1. The van der Waals surface area contributed by atoms with E-state index in [9.17, 15) is 24.6 Å². The Hall–Kier alpha value is -4.33. The number of ether oxygens (including phenoxy) is 1. The number of fused-ring (bicyclic) bond motifs is 3. The van der Waals surface area contributed by atoms with Crippen LogP contribution in [0.25, 0.3) is 11.1 Å². The zero-order valence-electron chi connectivity index (χ0n) is 19.4. The zero-order valence-corrected chi connectivity index (χ0v) is 19.4. The van der Waals surface area contributed by atoms with E-state index in [0.29, 0.717) is 5.56 Å². The smallest absolute Gasteiger partial charge is 0.407 e. The maximum Gasteiger partial charge on any atom is 0.407 e. The number of carboxylic acids is 1. The Morgan fingerprint density at radius 3 is 2.17 bits per heavy atom. The van der Waals surface area contributed by atoms with Crippen LogP contribution in [0.3, 0.4) is 0 Å². The Balaban J connectivity index is 1.45. The first-order chi connectivity index (χ1) is 16.7. The topological polar surface area (TPSA) is 125 Å². The van der Waals surface area contributed by atoms with Gasteiger partial charge in [-0.25, -0.2) is 4.79 Å². The number of carboxylic acid groups (broad SMARTS) is 1. The summed E-state index contributed by atoms with van der Waals surface area (Å²) >= 11 is 0. The molecule has 0 saturated carbocycles. The van der Waals surface area contributed by atoms with Gasteiger partial charge >= 0.3 is 12.1 Å². The van der Waals surface area contributed by atoms with Gasteiger partial charge in [-0.1, -0.05) is 54.6 Å². The molecule has 0 fully saturated rings. The number of rotatable bonds is 7. The van der Waals surface area contributed by atoms with Gasteiger partial charge in [-0.05, 0) is 53.3 Å². The van der Waals surface area contributed by atoms with Gasteiger partial charge in [0.1, 0.15) is 18.4 Å². The van der Waals surface area contributed by atoms with Crippen molar-refractivity contribution < 1.29 is 29.3 Å². The third kappa shape index (κ3) is 5.11. The van der Waals surface area contributed by atoms with Crippen molar-refractivity contribution in [3.05, 3.63) is 82.9 Å². The number of alkyl carbamates (subject to hydrolysis) is 1. The Bertz CT molecular complexity index is 1260. The second kappa shape index (κ2) is 9.89.